The van der Waals surface area contributed by atoms with Crippen LogP contribution in [0.25, 0.3) is 0 Å². The number of oxime groups is 5. The van der Waals surface area contributed by atoms with Crippen LogP contribution in [0.3, 0.4) is 0 Å². The van der Waals surface area contributed by atoms with Crippen molar-refractivity contribution in [1.82, 2.24) is 5.01 Å². The van der Waals surface area contributed by atoms with E-state index in [2.05, 4.69) is 305 Å². The minimum absolute atomic E-state index is 0.0682. The van der Waals surface area contributed by atoms with Gasteiger partial charge in [0.1, 0.15) is 55.5 Å². The number of hydrazone groups is 1. The summed E-state index contributed by atoms with van der Waals surface area (Å²) >= 11 is 7.02. The van der Waals surface area contributed by atoms with E-state index >= 15 is 0 Å². The average Bonchev–Trinajstić information content (AvgIpc) is 1.69. The van der Waals surface area contributed by atoms with Crippen molar-refractivity contribution >= 4 is 109 Å². The topological polar surface area (TPSA) is 232 Å². The molecule has 11 aliphatic rings. The molecule has 0 aromatic heterocycles. The van der Waals surface area contributed by atoms with E-state index < -0.39 is 20.2 Å². The summed E-state index contributed by atoms with van der Waals surface area (Å²) in [5.74, 6) is 2.77. The standard InChI is InChI=1S/C10H18O3S.C10H18OS.C9H18N2.2C8H15NO2.3C8H15NO.3C8H15NS/c1-7-8(2)14(11,12)10(5,6)9(3,4)13-7;1-7-8(2)12-10(5,6)9(3,4)11-7;1-7-8(2,3)9(4,5)11(6)10-7;2*1-6-9-11-8(4,5)7(2,3)10-6;6*1-6-7(2,3)8(4,5)10-9-6/h1-6H3;1-6H3;1-6H3;2*1-5H3;6*1-5H3. The van der Waals surface area contributed by atoms with Crippen LogP contribution >= 0.6 is 47.6 Å². The lowest BCUT2D eigenvalue weighted by Crippen LogP contribution is -2.55. The van der Waals surface area contributed by atoms with Gasteiger partial charge in [0.05, 0.1) is 32.3 Å². The second-order valence-corrected chi connectivity index (χ2v) is 53.2. The maximum Gasteiger partial charge on any atom is 0.223 e. The first kappa shape index (κ1) is 113. The number of rotatable bonds is 0. The Kier molecular flexibility index (Phi) is 35.1. The molecule has 26 heteroatoms. The van der Waals surface area contributed by atoms with E-state index in [1.807, 2.05) is 102 Å². The number of thioether (sulfide) groups is 1. The van der Waals surface area contributed by atoms with E-state index in [-0.39, 0.29) is 107 Å². The second-order valence-electron chi connectivity index (χ2n) is 44.5. The lowest BCUT2D eigenvalue weighted by molar-refractivity contribution is -0.166. The van der Waals surface area contributed by atoms with Crippen LogP contribution in [0.2, 0.25) is 0 Å². The van der Waals surface area contributed by atoms with Gasteiger partial charge >= 0.3 is 0 Å². The van der Waals surface area contributed by atoms with E-state index in [0.717, 1.165) is 22.9 Å². The summed E-state index contributed by atoms with van der Waals surface area (Å²) in [5.41, 5.74) is 7.13. The van der Waals surface area contributed by atoms with Crippen LogP contribution in [0.1, 0.15) is 395 Å². The predicted molar refractivity (Wildman–Crippen MR) is 519 cm³/mol. The van der Waals surface area contributed by atoms with Crippen LogP contribution < -0.4 is 0 Å². The van der Waals surface area contributed by atoms with Gasteiger partial charge < -0.3 is 43.1 Å². The van der Waals surface area contributed by atoms with Gasteiger partial charge in [-0.2, -0.15) is 5.10 Å². The largest absolute Gasteiger partial charge is 0.490 e. The smallest absolute Gasteiger partial charge is 0.223 e. The van der Waals surface area contributed by atoms with Crippen molar-refractivity contribution in [3.8, 4) is 0 Å². The van der Waals surface area contributed by atoms with Crippen LogP contribution in [0, 0.1) is 37.9 Å². The first-order valence-corrected chi connectivity index (χ1v) is 46.9. The van der Waals surface area contributed by atoms with Crippen LogP contribution in [0.15, 0.2) is 65.4 Å². The molecule has 11 rings (SSSR count). The van der Waals surface area contributed by atoms with Gasteiger partial charge in [0.2, 0.25) is 11.8 Å². The zero-order chi connectivity index (χ0) is 95.1. The first-order chi connectivity index (χ1) is 52.1. The van der Waals surface area contributed by atoms with E-state index in [0.29, 0.717) is 22.5 Å². The van der Waals surface area contributed by atoms with Crippen molar-refractivity contribution in [3.63, 3.8) is 0 Å². The number of ether oxygens (including phenoxy) is 4. The zero-order valence-corrected chi connectivity index (χ0v) is 90.6. The molecule has 0 aliphatic carbocycles. The molecule has 119 heavy (non-hydrogen) atoms. The SMILES string of the molecule is CC1=C(C)S(=O)(=O)C(C)(C)C(C)(C)O1.CC1=C(C)SC(C)(C)C(C)(C)O1.CC1=NN(C)C(C)(C)C1(C)C.CC1=NOC(C)(C)C(C)(C)O1.CC1=NOC(C)(C)C(C)(C)O1.CC1=NOC(C)(C)C1(C)C.CC1=NOC(C)(C)C1(C)C.CC1=NOC(C)(C)C1(C)C.CC1=NSC(C)(C)C1(C)C.CC1=NSC(C)(C)C1(C)C.CC1=NSC(C)(C)C1(C)C. The molecule has 0 fully saturated rings. The lowest BCUT2D eigenvalue weighted by atomic mass is 9.72. The van der Waals surface area contributed by atoms with Gasteiger partial charge in [-0.3, -0.25) is 5.01 Å². The van der Waals surface area contributed by atoms with Crippen molar-refractivity contribution in [2.24, 2.45) is 82.0 Å². The Morgan fingerprint density at radius 3 is 0.681 bits per heavy atom. The fourth-order valence-electron chi connectivity index (χ4n) is 10.6. The molecule has 0 spiro atoms. The molecule has 0 atom stereocenters. The molecule has 0 saturated heterocycles. The van der Waals surface area contributed by atoms with Crippen LogP contribution in [-0.2, 0) is 53.0 Å². The fraction of sp³-hybridized carbons (Fsp3) is 0.860. The molecule has 692 valence electrons. The minimum atomic E-state index is -3.24. The number of sulfone groups is 1. The second kappa shape index (κ2) is 37.0. The molecule has 0 saturated carbocycles. The van der Waals surface area contributed by atoms with Crippen molar-refractivity contribution in [2.45, 2.75) is 474 Å². The molecule has 0 bridgehead atoms. The highest BCUT2D eigenvalue weighted by atomic mass is 32.2. The van der Waals surface area contributed by atoms with E-state index in [1.165, 1.54) is 27.8 Å². The molecular formula is C93H174N10O11S5. The van der Waals surface area contributed by atoms with Crippen LogP contribution in [0.4, 0.5) is 0 Å². The molecule has 0 aromatic rings. The van der Waals surface area contributed by atoms with E-state index in [9.17, 15) is 8.42 Å². The van der Waals surface area contributed by atoms with Gasteiger partial charge in [-0.25, -0.2) is 21.6 Å². The highest BCUT2D eigenvalue weighted by molar-refractivity contribution is 8.04. The highest BCUT2D eigenvalue weighted by Gasteiger charge is 2.56. The third-order valence-corrected chi connectivity index (χ3v) is 39.7. The predicted octanol–water partition coefficient (Wildman–Crippen LogP) is 27.1. The summed E-state index contributed by atoms with van der Waals surface area (Å²) in [4.78, 5) is 27.9. The van der Waals surface area contributed by atoms with Gasteiger partial charge in [0, 0.05) is 101 Å². The summed E-state index contributed by atoms with van der Waals surface area (Å²) in [6.07, 6.45) is 0. The highest BCUT2D eigenvalue weighted by Crippen LogP contribution is 2.53. The quantitative estimate of drug-likeness (QED) is 0.205. The van der Waals surface area contributed by atoms with Crippen LogP contribution in [-0.4, -0.2) is 152 Å². The van der Waals surface area contributed by atoms with Gasteiger partial charge in [-0.05, 0) is 320 Å². The molecular weight excluding hydrogens is 1590 g/mol. The van der Waals surface area contributed by atoms with Crippen molar-refractivity contribution < 1.29 is 51.6 Å². The molecule has 11 heterocycles. The maximum atomic E-state index is 12.1. The first-order valence-electron chi connectivity index (χ1n) is 42.3. The van der Waals surface area contributed by atoms with Crippen molar-refractivity contribution in [3.05, 3.63) is 21.3 Å². The Hall–Kier alpha value is -4.14. The maximum absolute atomic E-state index is 12.1. The Morgan fingerprint density at radius 1 is 0.269 bits per heavy atom. The summed E-state index contributed by atoms with van der Waals surface area (Å²) < 4.78 is 60.0. The van der Waals surface area contributed by atoms with Gasteiger partial charge in [0.25, 0.3) is 0 Å². The molecule has 0 radical (unpaired) electrons. The molecule has 0 N–H and O–H groups in total. The Bertz CT molecular complexity index is 3670. The zero-order valence-electron chi connectivity index (χ0n) is 86.5. The third kappa shape index (κ3) is 24.2. The number of hydrogen-bond acceptors (Lipinski definition) is 25. The number of allylic oxidation sites excluding steroid dienone is 4. The normalized spacial score (nSPS) is 27.5. The van der Waals surface area contributed by atoms with Gasteiger partial charge in [-0.1, -0.05) is 123 Å². The van der Waals surface area contributed by atoms with Crippen molar-refractivity contribution in [1.29, 1.82) is 0 Å². The summed E-state index contributed by atoms with van der Waals surface area (Å²) in [5, 5.41) is 25.9. The molecule has 11 aliphatic heterocycles. The average molecular weight is 1770 g/mol. The summed E-state index contributed by atoms with van der Waals surface area (Å²) in [6.45, 7) is 118. The summed E-state index contributed by atoms with van der Waals surface area (Å²) in [6, 6.07) is 0. The number of hydrogen-bond donors (Lipinski definition) is 0. The third-order valence-electron chi connectivity index (χ3n) is 31.2. The minimum Gasteiger partial charge on any atom is -0.490 e. The Balaban J connectivity index is 0.000000655. The van der Waals surface area contributed by atoms with E-state index in [4.69, 9.17) is 43.1 Å². The Morgan fingerprint density at radius 2 is 0.529 bits per heavy atom. The Labute approximate surface area is 745 Å². The summed E-state index contributed by atoms with van der Waals surface area (Å²) in [7, 11) is -1.20. The molecule has 0 aromatic carbocycles. The van der Waals surface area contributed by atoms with Crippen LogP contribution in [0.5, 0.6) is 0 Å². The fourth-order valence-corrected chi connectivity index (χ4v) is 16.6. The van der Waals surface area contributed by atoms with E-state index in [1.54, 1.807) is 91.2 Å². The number of nitrogens with zero attached hydrogens (tertiary/aromatic N) is 10. The lowest BCUT2D eigenvalue weighted by Gasteiger charge is -2.45. The molecule has 0 unspecified atom stereocenters. The molecule has 21 nitrogen and oxygen atoms in total. The monoisotopic (exact) mass is 1770 g/mol. The van der Waals surface area contributed by atoms with Gasteiger partial charge in [0.15, 0.2) is 21.0 Å². The van der Waals surface area contributed by atoms with Crippen molar-refractivity contribution in [2.75, 3.05) is 7.05 Å². The molecule has 0 amide bonds. The van der Waals surface area contributed by atoms with Gasteiger partial charge in [-0.15, -0.1) is 11.8 Å².